The molecule has 0 fully saturated rings. The van der Waals surface area contributed by atoms with Crippen molar-refractivity contribution < 1.29 is 13.7 Å². The van der Waals surface area contributed by atoms with Crippen LogP contribution < -0.4 is 4.72 Å². The summed E-state index contributed by atoms with van der Waals surface area (Å²) in [4.78, 5) is 3.79. The van der Waals surface area contributed by atoms with Crippen LogP contribution in [0.5, 0.6) is 0 Å². The number of hydrogen-bond donors (Lipinski definition) is 2. The van der Waals surface area contributed by atoms with Crippen molar-refractivity contribution in [2.75, 3.05) is 6.54 Å². The zero-order valence-electron chi connectivity index (χ0n) is 11.6. The van der Waals surface area contributed by atoms with Gasteiger partial charge in [-0.15, -0.1) is 0 Å². The predicted octanol–water partition coefficient (Wildman–Crippen LogP) is 2.74. The van der Waals surface area contributed by atoms with Crippen LogP contribution in [0.25, 0.3) is 0 Å². The summed E-state index contributed by atoms with van der Waals surface area (Å²) >= 11 is 5.67. The number of hydrogen-bond acceptors (Lipinski definition) is 3. The van der Waals surface area contributed by atoms with Gasteiger partial charge < -0.3 is 5.11 Å². The molecule has 1 unspecified atom stereocenters. The molecular weight excluding hydrogens is 303 g/mol. The second kappa shape index (κ2) is 8.67. The van der Waals surface area contributed by atoms with Gasteiger partial charge in [-0.1, -0.05) is 18.5 Å². The maximum Gasteiger partial charge on any atom is 0.147 e. The summed E-state index contributed by atoms with van der Waals surface area (Å²) in [6.07, 6.45) is 0.721. The molecule has 7 heteroatoms. The summed E-state index contributed by atoms with van der Waals surface area (Å²) in [7, 11) is -1.07. The maximum atomic E-state index is 13.5. The van der Waals surface area contributed by atoms with Crippen LogP contribution in [-0.4, -0.2) is 26.1 Å². The summed E-state index contributed by atoms with van der Waals surface area (Å²) < 4.78 is 28.0. The number of aromatic nitrogens is 1. The van der Waals surface area contributed by atoms with Crippen molar-refractivity contribution >= 4 is 22.6 Å². The van der Waals surface area contributed by atoms with Gasteiger partial charge in [0, 0.05) is 11.8 Å². The van der Waals surface area contributed by atoms with Gasteiger partial charge in [0.05, 0.1) is 17.1 Å². The molecule has 1 aromatic rings. The van der Waals surface area contributed by atoms with Crippen molar-refractivity contribution in [2.24, 2.45) is 0 Å². The Bertz CT molecular complexity index is 462. The first-order chi connectivity index (χ1) is 9.45. The molecule has 1 aromatic heterocycles. The second-order valence-corrected chi connectivity index (χ2v) is 6.65. The Hall–Kier alpha value is -0.560. The van der Waals surface area contributed by atoms with E-state index in [-0.39, 0.29) is 16.1 Å². The predicted molar refractivity (Wildman–Crippen MR) is 79.3 cm³/mol. The quantitative estimate of drug-likeness (QED) is 0.571. The fourth-order valence-corrected chi connectivity index (χ4v) is 2.65. The molecule has 0 spiro atoms. The molecule has 20 heavy (non-hydrogen) atoms. The molecule has 0 aliphatic heterocycles. The van der Waals surface area contributed by atoms with Crippen molar-refractivity contribution in [3.05, 3.63) is 28.8 Å². The largest absolute Gasteiger partial charge is 0.387 e. The number of rotatable bonds is 8. The van der Waals surface area contributed by atoms with Crippen molar-refractivity contribution in [3.63, 3.8) is 0 Å². The normalized spacial score (nSPS) is 15.8. The van der Waals surface area contributed by atoms with Crippen LogP contribution in [0.15, 0.2) is 12.1 Å². The van der Waals surface area contributed by atoms with E-state index in [4.69, 9.17) is 11.6 Å². The Morgan fingerprint density at radius 3 is 2.90 bits per heavy atom. The van der Waals surface area contributed by atoms with E-state index < -0.39 is 22.9 Å². The van der Waals surface area contributed by atoms with Crippen LogP contribution in [0.1, 0.15) is 44.9 Å². The highest BCUT2D eigenvalue weighted by atomic mass is 35.5. The van der Waals surface area contributed by atoms with E-state index in [1.165, 1.54) is 12.1 Å². The molecule has 0 bridgehead atoms. The Labute approximate surface area is 126 Å². The van der Waals surface area contributed by atoms with Crippen LogP contribution >= 0.6 is 11.6 Å². The van der Waals surface area contributed by atoms with Gasteiger partial charge in [-0.3, -0.25) is 0 Å². The second-order valence-electron chi connectivity index (χ2n) is 4.57. The summed E-state index contributed by atoms with van der Waals surface area (Å²) in [5.74, 6) is -0.571. The molecule has 1 rings (SSSR count). The van der Waals surface area contributed by atoms with Gasteiger partial charge in [-0.05, 0) is 38.3 Å². The SMILES string of the molecule is CC[C@@H](C)S(=O)NCCC[C@H](O)c1nc(Cl)ccc1F. The third kappa shape index (κ3) is 5.44. The molecule has 0 saturated carbocycles. The lowest BCUT2D eigenvalue weighted by atomic mass is 10.1. The first-order valence-electron chi connectivity index (χ1n) is 6.59. The van der Waals surface area contributed by atoms with E-state index in [1.54, 1.807) is 0 Å². The first kappa shape index (κ1) is 17.5. The zero-order chi connectivity index (χ0) is 15.1. The molecule has 0 saturated heterocycles. The van der Waals surface area contributed by atoms with Gasteiger partial charge in [0.15, 0.2) is 0 Å². The number of nitrogens with one attached hydrogen (secondary N) is 1. The lowest BCUT2D eigenvalue weighted by molar-refractivity contribution is 0.155. The Morgan fingerprint density at radius 1 is 1.55 bits per heavy atom. The van der Waals surface area contributed by atoms with Gasteiger partial charge in [0.1, 0.15) is 16.7 Å². The number of nitrogens with zero attached hydrogens (tertiary/aromatic N) is 1. The molecule has 4 nitrogen and oxygen atoms in total. The van der Waals surface area contributed by atoms with E-state index in [0.29, 0.717) is 19.4 Å². The third-order valence-corrected chi connectivity index (χ3v) is 4.76. The van der Waals surface area contributed by atoms with Gasteiger partial charge in [0.2, 0.25) is 0 Å². The minimum Gasteiger partial charge on any atom is -0.387 e. The van der Waals surface area contributed by atoms with Crippen LogP contribution in [-0.2, 0) is 11.0 Å². The summed E-state index contributed by atoms with van der Waals surface area (Å²) in [5.41, 5.74) is -0.0412. The molecule has 3 atom stereocenters. The molecule has 0 aliphatic rings. The summed E-state index contributed by atoms with van der Waals surface area (Å²) in [5, 5.41) is 10.1. The Morgan fingerprint density at radius 2 is 2.25 bits per heavy atom. The lowest BCUT2D eigenvalue weighted by Gasteiger charge is -2.13. The minimum absolute atomic E-state index is 0.0412. The van der Waals surface area contributed by atoms with Crippen LogP contribution in [0, 0.1) is 5.82 Å². The molecule has 0 aromatic carbocycles. The van der Waals surface area contributed by atoms with Crippen LogP contribution in [0.3, 0.4) is 0 Å². The standard InChI is InChI=1S/C13H20ClFN2O2S/c1-3-9(2)20(19)16-8-4-5-11(18)13-10(15)6-7-12(14)17-13/h6-7,9,11,16,18H,3-5,8H2,1-2H3/t9-,11+,20?/m1/s1. The maximum absolute atomic E-state index is 13.5. The lowest BCUT2D eigenvalue weighted by Crippen LogP contribution is -2.26. The van der Waals surface area contributed by atoms with Crippen molar-refractivity contribution in [3.8, 4) is 0 Å². The summed E-state index contributed by atoms with van der Waals surface area (Å²) in [6, 6.07) is 2.52. The fraction of sp³-hybridized carbons (Fsp3) is 0.615. The van der Waals surface area contributed by atoms with E-state index in [2.05, 4.69) is 9.71 Å². The van der Waals surface area contributed by atoms with E-state index in [0.717, 1.165) is 6.42 Å². The number of pyridine rings is 1. The monoisotopic (exact) mass is 322 g/mol. The van der Waals surface area contributed by atoms with Crippen molar-refractivity contribution in [1.29, 1.82) is 0 Å². The van der Waals surface area contributed by atoms with E-state index >= 15 is 0 Å². The number of halogens is 2. The van der Waals surface area contributed by atoms with Crippen LogP contribution in [0.2, 0.25) is 5.15 Å². The van der Waals surface area contributed by atoms with Gasteiger partial charge in [0.25, 0.3) is 0 Å². The first-order valence-corrected chi connectivity index (χ1v) is 8.18. The molecule has 1 heterocycles. The van der Waals surface area contributed by atoms with Crippen molar-refractivity contribution in [1.82, 2.24) is 9.71 Å². The fourth-order valence-electron chi connectivity index (χ4n) is 1.57. The Balaban J connectivity index is 2.38. The highest BCUT2D eigenvalue weighted by Gasteiger charge is 2.15. The topological polar surface area (TPSA) is 62.2 Å². The third-order valence-electron chi connectivity index (χ3n) is 2.99. The number of aliphatic hydroxyl groups is 1. The minimum atomic E-state index is -1.07. The molecule has 0 amide bonds. The smallest absolute Gasteiger partial charge is 0.147 e. The molecule has 114 valence electrons. The van der Waals surface area contributed by atoms with E-state index in [9.17, 15) is 13.7 Å². The van der Waals surface area contributed by atoms with Crippen molar-refractivity contribution in [2.45, 2.75) is 44.5 Å². The zero-order valence-corrected chi connectivity index (χ0v) is 13.2. The highest BCUT2D eigenvalue weighted by Crippen LogP contribution is 2.21. The summed E-state index contributed by atoms with van der Waals surface area (Å²) in [6.45, 7) is 4.38. The number of aliphatic hydroxyl groups excluding tert-OH is 1. The van der Waals surface area contributed by atoms with Gasteiger partial charge in [-0.2, -0.15) is 0 Å². The average Bonchev–Trinajstić information content (AvgIpc) is 2.44. The van der Waals surface area contributed by atoms with Crippen LogP contribution in [0.4, 0.5) is 4.39 Å². The van der Waals surface area contributed by atoms with E-state index in [1.807, 2.05) is 13.8 Å². The molecule has 0 aliphatic carbocycles. The Kier molecular flexibility index (Phi) is 7.58. The molecule has 2 N–H and O–H groups in total. The van der Waals surface area contributed by atoms with Gasteiger partial charge in [-0.25, -0.2) is 18.3 Å². The highest BCUT2D eigenvalue weighted by molar-refractivity contribution is 7.83. The molecular formula is C13H20ClFN2O2S. The van der Waals surface area contributed by atoms with Gasteiger partial charge >= 0.3 is 0 Å². The molecule has 0 radical (unpaired) electrons. The average molecular weight is 323 g/mol.